The molecule has 0 fully saturated rings. The first-order valence-electron chi connectivity index (χ1n) is 9.52. The van der Waals surface area contributed by atoms with Crippen LogP contribution in [0.4, 0.5) is 11.5 Å². The van der Waals surface area contributed by atoms with Gasteiger partial charge in [0.15, 0.2) is 0 Å². The Balaban J connectivity index is 2.34. The maximum atomic E-state index is 11.3. The quantitative estimate of drug-likeness (QED) is 0.701. The zero-order chi connectivity index (χ0) is 18.9. The Labute approximate surface area is 156 Å². The standard InChI is InChI=1S/C21H30N4O/c1-5-7-12-25(13-8-6-2)21-15-20(22-16(3)23-21)18-10-9-11-19(14-18)24-17(4)26/h9-11,14-15H,5-8,12-13H2,1-4H3,(H,24,26). The minimum Gasteiger partial charge on any atom is -0.356 e. The number of unbranched alkanes of at least 4 members (excludes halogenated alkanes) is 2. The summed E-state index contributed by atoms with van der Waals surface area (Å²) >= 11 is 0. The number of hydrogen-bond donors (Lipinski definition) is 1. The Morgan fingerprint density at radius 3 is 2.38 bits per heavy atom. The van der Waals surface area contributed by atoms with Crippen molar-refractivity contribution in [1.82, 2.24) is 9.97 Å². The molecule has 140 valence electrons. The molecule has 2 aromatic rings. The average molecular weight is 354 g/mol. The molecule has 0 aliphatic carbocycles. The van der Waals surface area contributed by atoms with Crippen molar-refractivity contribution in [3.8, 4) is 11.3 Å². The van der Waals surface area contributed by atoms with Crippen molar-refractivity contribution >= 4 is 17.4 Å². The number of hydrogen-bond acceptors (Lipinski definition) is 4. The van der Waals surface area contributed by atoms with E-state index in [1.54, 1.807) is 0 Å². The highest BCUT2D eigenvalue weighted by atomic mass is 16.1. The van der Waals surface area contributed by atoms with E-state index in [0.29, 0.717) is 0 Å². The minimum absolute atomic E-state index is 0.0768. The predicted octanol–water partition coefficient (Wildman–Crippen LogP) is 4.82. The summed E-state index contributed by atoms with van der Waals surface area (Å²) in [4.78, 5) is 23.0. The molecular weight excluding hydrogens is 324 g/mol. The summed E-state index contributed by atoms with van der Waals surface area (Å²) in [6.07, 6.45) is 4.64. The maximum absolute atomic E-state index is 11.3. The highest BCUT2D eigenvalue weighted by Crippen LogP contribution is 2.25. The van der Waals surface area contributed by atoms with Gasteiger partial charge in [-0.2, -0.15) is 0 Å². The third kappa shape index (κ3) is 5.83. The van der Waals surface area contributed by atoms with E-state index in [4.69, 9.17) is 0 Å². The Kier molecular flexibility index (Phi) is 7.57. The average Bonchev–Trinajstić information content (AvgIpc) is 2.61. The lowest BCUT2D eigenvalue weighted by molar-refractivity contribution is -0.114. The van der Waals surface area contributed by atoms with Crippen LogP contribution in [-0.4, -0.2) is 29.0 Å². The van der Waals surface area contributed by atoms with Crippen LogP contribution in [0.3, 0.4) is 0 Å². The molecule has 1 heterocycles. The number of carbonyl (C=O) groups is 1. The van der Waals surface area contributed by atoms with Gasteiger partial charge in [-0.25, -0.2) is 9.97 Å². The molecule has 0 atom stereocenters. The highest BCUT2D eigenvalue weighted by Gasteiger charge is 2.11. The Hall–Kier alpha value is -2.43. The van der Waals surface area contributed by atoms with Crippen molar-refractivity contribution in [2.24, 2.45) is 0 Å². The summed E-state index contributed by atoms with van der Waals surface area (Å²) in [5.74, 6) is 1.67. The van der Waals surface area contributed by atoms with Crippen LogP contribution in [0.1, 0.15) is 52.3 Å². The summed E-state index contributed by atoms with van der Waals surface area (Å²) in [7, 11) is 0. The summed E-state index contributed by atoms with van der Waals surface area (Å²) in [6.45, 7) is 9.89. The minimum atomic E-state index is -0.0768. The van der Waals surface area contributed by atoms with Crippen molar-refractivity contribution < 1.29 is 4.79 Å². The number of aryl methyl sites for hydroxylation is 1. The second-order valence-electron chi connectivity index (χ2n) is 6.61. The van der Waals surface area contributed by atoms with Crippen molar-refractivity contribution in [3.05, 3.63) is 36.2 Å². The van der Waals surface area contributed by atoms with E-state index in [9.17, 15) is 4.79 Å². The molecule has 0 radical (unpaired) electrons. The van der Waals surface area contributed by atoms with Gasteiger partial charge in [-0.05, 0) is 31.9 Å². The fraction of sp³-hybridized carbons (Fsp3) is 0.476. The Morgan fingerprint density at radius 2 is 1.77 bits per heavy atom. The monoisotopic (exact) mass is 354 g/mol. The van der Waals surface area contributed by atoms with Gasteiger partial charge in [-0.15, -0.1) is 0 Å². The number of nitrogens with one attached hydrogen (secondary N) is 1. The summed E-state index contributed by atoms with van der Waals surface area (Å²) in [6, 6.07) is 9.85. The zero-order valence-electron chi connectivity index (χ0n) is 16.4. The molecule has 2 rings (SSSR count). The number of carbonyl (C=O) groups excluding carboxylic acids is 1. The van der Waals surface area contributed by atoms with E-state index < -0.39 is 0 Å². The first kappa shape index (κ1) is 19.9. The fourth-order valence-corrected chi connectivity index (χ4v) is 2.86. The normalized spacial score (nSPS) is 10.6. The zero-order valence-corrected chi connectivity index (χ0v) is 16.4. The van der Waals surface area contributed by atoms with Crippen molar-refractivity contribution in [2.45, 2.75) is 53.4 Å². The number of aromatic nitrogens is 2. The fourth-order valence-electron chi connectivity index (χ4n) is 2.86. The molecule has 26 heavy (non-hydrogen) atoms. The van der Waals surface area contributed by atoms with Gasteiger partial charge < -0.3 is 10.2 Å². The number of rotatable bonds is 9. The van der Waals surface area contributed by atoms with Crippen LogP contribution in [0.2, 0.25) is 0 Å². The molecule has 0 spiro atoms. The van der Waals surface area contributed by atoms with Crippen molar-refractivity contribution in [3.63, 3.8) is 0 Å². The molecule has 1 aromatic heterocycles. The Morgan fingerprint density at radius 1 is 1.08 bits per heavy atom. The van der Waals surface area contributed by atoms with Gasteiger partial charge in [0.2, 0.25) is 5.91 Å². The largest absolute Gasteiger partial charge is 0.356 e. The molecule has 1 aromatic carbocycles. The van der Waals surface area contributed by atoms with Gasteiger partial charge in [0.1, 0.15) is 11.6 Å². The third-order valence-electron chi connectivity index (χ3n) is 4.19. The van der Waals surface area contributed by atoms with E-state index in [-0.39, 0.29) is 5.91 Å². The van der Waals surface area contributed by atoms with E-state index in [1.807, 2.05) is 31.2 Å². The molecule has 5 nitrogen and oxygen atoms in total. The lowest BCUT2D eigenvalue weighted by atomic mass is 10.1. The molecule has 0 saturated heterocycles. The van der Waals surface area contributed by atoms with Crippen LogP contribution in [0.15, 0.2) is 30.3 Å². The summed E-state index contributed by atoms with van der Waals surface area (Å²) in [5, 5.41) is 2.83. The van der Waals surface area contributed by atoms with Gasteiger partial charge >= 0.3 is 0 Å². The predicted molar refractivity (Wildman–Crippen MR) is 109 cm³/mol. The molecule has 0 aliphatic rings. The van der Waals surface area contributed by atoms with Gasteiger partial charge in [0.25, 0.3) is 0 Å². The van der Waals surface area contributed by atoms with Crippen LogP contribution in [0.25, 0.3) is 11.3 Å². The molecule has 1 amide bonds. The molecule has 0 unspecified atom stereocenters. The van der Waals surface area contributed by atoms with Crippen LogP contribution in [-0.2, 0) is 4.79 Å². The smallest absolute Gasteiger partial charge is 0.221 e. The van der Waals surface area contributed by atoms with E-state index in [2.05, 4.69) is 40.1 Å². The number of benzene rings is 1. The van der Waals surface area contributed by atoms with Crippen LogP contribution in [0.5, 0.6) is 0 Å². The third-order valence-corrected chi connectivity index (χ3v) is 4.19. The topological polar surface area (TPSA) is 58.1 Å². The lowest BCUT2D eigenvalue weighted by Gasteiger charge is -2.24. The van der Waals surface area contributed by atoms with E-state index >= 15 is 0 Å². The maximum Gasteiger partial charge on any atom is 0.221 e. The SMILES string of the molecule is CCCCN(CCCC)c1cc(-c2cccc(NC(C)=O)c2)nc(C)n1. The van der Waals surface area contributed by atoms with Gasteiger partial charge in [0, 0.05) is 37.3 Å². The van der Waals surface area contributed by atoms with Crippen molar-refractivity contribution in [1.29, 1.82) is 0 Å². The first-order chi connectivity index (χ1) is 12.5. The van der Waals surface area contributed by atoms with E-state index in [0.717, 1.165) is 67.4 Å². The van der Waals surface area contributed by atoms with Crippen molar-refractivity contribution in [2.75, 3.05) is 23.3 Å². The second kappa shape index (κ2) is 9.90. The molecule has 0 aliphatic heterocycles. The summed E-state index contributed by atoms with van der Waals surface area (Å²) < 4.78 is 0. The molecule has 0 saturated carbocycles. The molecular formula is C21H30N4O. The Bertz CT molecular complexity index is 722. The highest BCUT2D eigenvalue weighted by molar-refractivity contribution is 5.89. The van der Waals surface area contributed by atoms with E-state index in [1.165, 1.54) is 6.92 Å². The van der Waals surface area contributed by atoms with Crippen LogP contribution < -0.4 is 10.2 Å². The van der Waals surface area contributed by atoms with Crippen LogP contribution >= 0.6 is 0 Å². The number of amides is 1. The summed E-state index contributed by atoms with van der Waals surface area (Å²) in [5.41, 5.74) is 2.65. The molecule has 1 N–H and O–H groups in total. The molecule has 5 heteroatoms. The van der Waals surface area contributed by atoms with Gasteiger partial charge in [-0.1, -0.05) is 38.8 Å². The lowest BCUT2D eigenvalue weighted by Crippen LogP contribution is -2.27. The molecule has 0 bridgehead atoms. The first-order valence-corrected chi connectivity index (χ1v) is 9.52. The number of anilines is 2. The van der Waals surface area contributed by atoms with Crippen LogP contribution in [0, 0.1) is 6.92 Å². The second-order valence-corrected chi connectivity index (χ2v) is 6.61. The number of nitrogens with zero attached hydrogens (tertiary/aromatic N) is 3. The van der Waals surface area contributed by atoms with Gasteiger partial charge in [0.05, 0.1) is 5.69 Å². The van der Waals surface area contributed by atoms with Gasteiger partial charge in [-0.3, -0.25) is 4.79 Å².